The molecule has 2 rings (SSSR count). The molecule has 0 fully saturated rings. The van der Waals surface area contributed by atoms with Crippen molar-refractivity contribution in [1.29, 1.82) is 0 Å². The Balaban J connectivity index is 2.15. The van der Waals surface area contributed by atoms with Crippen LogP contribution in [0.1, 0.15) is 5.69 Å². The molecular weight excluding hydrogens is 230 g/mol. The van der Waals surface area contributed by atoms with Gasteiger partial charge in [-0.05, 0) is 34.1 Å². The maximum atomic E-state index is 4.21. The molecule has 66 valence electrons. The molecule has 4 heteroatoms. The zero-order valence-corrected chi connectivity index (χ0v) is 8.48. The largest absolute Gasteiger partial charge is 0.266 e. The van der Waals surface area contributed by atoms with E-state index in [0.717, 1.165) is 10.3 Å². The normalized spacial score (nSPS) is 10.2. The van der Waals surface area contributed by atoms with Crippen LogP contribution < -0.4 is 0 Å². The first-order valence-electron chi connectivity index (χ1n) is 3.93. The van der Waals surface area contributed by atoms with Gasteiger partial charge >= 0.3 is 0 Å². The van der Waals surface area contributed by atoms with Crippen LogP contribution in [0, 0.1) is 0 Å². The van der Waals surface area contributed by atoms with Gasteiger partial charge in [0, 0.05) is 12.4 Å². The van der Waals surface area contributed by atoms with Gasteiger partial charge in [0.25, 0.3) is 0 Å². The van der Waals surface area contributed by atoms with E-state index in [1.807, 2.05) is 35.1 Å². The number of nitrogens with zero attached hydrogens (tertiary/aromatic N) is 3. The highest BCUT2D eigenvalue weighted by Crippen LogP contribution is 2.05. The Morgan fingerprint density at radius 1 is 1.31 bits per heavy atom. The van der Waals surface area contributed by atoms with Gasteiger partial charge in [0.05, 0.1) is 12.2 Å². The maximum absolute atomic E-state index is 4.21. The van der Waals surface area contributed by atoms with Crippen molar-refractivity contribution in [3.8, 4) is 0 Å². The van der Waals surface area contributed by atoms with Crippen molar-refractivity contribution in [3.05, 3.63) is 47.0 Å². The van der Waals surface area contributed by atoms with Gasteiger partial charge in [0.15, 0.2) is 0 Å². The summed E-state index contributed by atoms with van der Waals surface area (Å²) in [4.78, 5) is 4.21. The van der Waals surface area contributed by atoms with Crippen molar-refractivity contribution < 1.29 is 0 Å². The van der Waals surface area contributed by atoms with E-state index < -0.39 is 0 Å². The number of aromatic nitrogens is 3. The lowest BCUT2D eigenvalue weighted by Gasteiger charge is -1.99. The van der Waals surface area contributed by atoms with Crippen LogP contribution in [-0.2, 0) is 6.54 Å². The van der Waals surface area contributed by atoms with Gasteiger partial charge in [-0.1, -0.05) is 6.07 Å². The second-order valence-corrected chi connectivity index (χ2v) is 3.47. The summed E-state index contributed by atoms with van der Waals surface area (Å²) in [6, 6.07) is 7.77. The molecule has 0 aliphatic carbocycles. The lowest BCUT2D eigenvalue weighted by atomic mass is 10.3. The second-order valence-electron chi connectivity index (χ2n) is 2.66. The Hall–Kier alpha value is -1.16. The van der Waals surface area contributed by atoms with E-state index in [0.29, 0.717) is 6.54 Å². The molecule has 0 unspecified atom stereocenters. The van der Waals surface area contributed by atoms with E-state index >= 15 is 0 Å². The highest BCUT2D eigenvalue weighted by atomic mass is 79.9. The van der Waals surface area contributed by atoms with Crippen molar-refractivity contribution >= 4 is 15.9 Å². The average molecular weight is 238 g/mol. The van der Waals surface area contributed by atoms with E-state index in [1.165, 1.54) is 0 Å². The minimum Gasteiger partial charge on any atom is -0.266 e. The summed E-state index contributed by atoms with van der Waals surface area (Å²) in [6.45, 7) is 0.715. The number of hydrogen-bond acceptors (Lipinski definition) is 2. The zero-order valence-electron chi connectivity index (χ0n) is 6.89. The fraction of sp³-hybridized carbons (Fsp3) is 0.111. The minimum atomic E-state index is 0.715. The summed E-state index contributed by atoms with van der Waals surface area (Å²) in [5, 5.41) is 4.20. The molecule has 0 saturated heterocycles. The summed E-state index contributed by atoms with van der Waals surface area (Å²) < 4.78 is 2.69. The molecule has 0 bridgehead atoms. The predicted octanol–water partition coefficient (Wildman–Crippen LogP) is 2.09. The number of hydrogen-bond donors (Lipinski definition) is 0. The molecule has 0 N–H and O–H groups in total. The SMILES string of the molecule is Brc1ccn(Cc2ccccn2)n1. The fourth-order valence-corrected chi connectivity index (χ4v) is 1.40. The molecule has 0 aromatic carbocycles. The summed E-state index contributed by atoms with van der Waals surface area (Å²) >= 11 is 3.29. The van der Waals surface area contributed by atoms with Crippen molar-refractivity contribution in [2.75, 3.05) is 0 Å². The monoisotopic (exact) mass is 237 g/mol. The molecule has 0 saturated carbocycles. The number of rotatable bonds is 2. The molecule has 0 amide bonds. The van der Waals surface area contributed by atoms with Gasteiger partial charge in [-0.3, -0.25) is 9.67 Å². The number of halogens is 1. The lowest BCUT2D eigenvalue weighted by molar-refractivity contribution is 0.668. The van der Waals surface area contributed by atoms with Crippen LogP contribution in [0.3, 0.4) is 0 Å². The summed E-state index contributed by atoms with van der Waals surface area (Å²) in [6.07, 6.45) is 3.70. The third-order valence-electron chi connectivity index (χ3n) is 1.66. The van der Waals surface area contributed by atoms with E-state index in [9.17, 15) is 0 Å². The Morgan fingerprint density at radius 2 is 2.23 bits per heavy atom. The summed E-state index contributed by atoms with van der Waals surface area (Å²) in [7, 11) is 0. The third kappa shape index (κ3) is 2.15. The minimum absolute atomic E-state index is 0.715. The van der Waals surface area contributed by atoms with E-state index in [2.05, 4.69) is 26.0 Å². The highest BCUT2D eigenvalue weighted by Gasteiger charge is 1.96. The number of pyridine rings is 1. The fourth-order valence-electron chi connectivity index (χ4n) is 1.08. The van der Waals surface area contributed by atoms with E-state index in [4.69, 9.17) is 0 Å². The molecule has 0 aliphatic rings. The Morgan fingerprint density at radius 3 is 2.85 bits per heavy atom. The van der Waals surface area contributed by atoms with Crippen LogP contribution in [0.15, 0.2) is 41.3 Å². The van der Waals surface area contributed by atoms with Crippen LogP contribution in [0.2, 0.25) is 0 Å². The van der Waals surface area contributed by atoms with Crippen LogP contribution in [-0.4, -0.2) is 14.8 Å². The van der Waals surface area contributed by atoms with Gasteiger partial charge < -0.3 is 0 Å². The van der Waals surface area contributed by atoms with Gasteiger partial charge in [0.2, 0.25) is 0 Å². The highest BCUT2D eigenvalue weighted by molar-refractivity contribution is 9.10. The second kappa shape index (κ2) is 3.70. The topological polar surface area (TPSA) is 30.7 Å². The van der Waals surface area contributed by atoms with Gasteiger partial charge in [0.1, 0.15) is 4.60 Å². The molecule has 0 atom stereocenters. The van der Waals surface area contributed by atoms with Crippen LogP contribution in [0.4, 0.5) is 0 Å². The first kappa shape index (κ1) is 8.44. The molecular formula is C9H8BrN3. The van der Waals surface area contributed by atoms with Crippen LogP contribution >= 0.6 is 15.9 Å². The lowest BCUT2D eigenvalue weighted by Crippen LogP contribution is -2.01. The van der Waals surface area contributed by atoms with Crippen molar-refractivity contribution in [1.82, 2.24) is 14.8 Å². The molecule has 13 heavy (non-hydrogen) atoms. The Bertz CT molecular complexity index is 383. The van der Waals surface area contributed by atoms with Crippen molar-refractivity contribution in [2.24, 2.45) is 0 Å². The van der Waals surface area contributed by atoms with Crippen LogP contribution in [0.5, 0.6) is 0 Å². The van der Waals surface area contributed by atoms with Gasteiger partial charge in [-0.25, -0.2) is 0 Å². The zero-order chi connectivity index (χ0) is 9.10. The molecule has 2 heterocycles. The molecule has 0 aliphatic heterocycles. The molecule has 0 radical (unpaired) electrons. The van der Waals surface area contributed by atoms with Gasteiger partial charge in [-0.2, -0.15) is 5.10 Å². The molecule has 3 nitrogen and oxygen atoms in total. The smallest absolute Gasteiger partial charge is 0.128 e. The first-order valence-corrected chi connectivity index (χ1v) is 4.73. The van der Waals surface area contributed by atoms with Crippen LogP contribution in [0.25, 0.3) is 0 Å². The predicted molar refractivity (Wildman–Crippen MR) is 53.3 cm³/mol. The Labute approximate surface area is 84.5 Å². The average Bonchev–Trinajstić information content (AvgIpc) is 2.53. The summed E-state index contributed by atoms with van der Waals surface area (Å²) in [5.74, 6) is 0. The van der Waals surface area contributed by atoms with E-state index in [-0.39, 0.29) is 0 Å². The quantitative estimate of drug-likeness (QED) is 0.801. The molecule has 0 spiro atoms. The Kier molecular flexibility index (Phi) is 2.40. The standard InChI is InChI=1S/C9H8BrN3/c10-9-4-6-13(12-9)7-8-3-1-2-5-11-8/h1-6H,7H2. The molecule has 2 aromatic heterocycles. The maximum Gasteiger partial charge on any atom is 0.128 e. The van der Waals surface area contributed by atoms with Gasteiger partial charge in [-0.15, -0.1) is 0 Å². The summed E-state index contributed by atoms with van der Waals surface area (Å²) in [5.41, 5.74) is 1.01. The van der Waals surface area contributed by atoms with Crippen molar-refractivity contribution in [2.45, 2.75) is 6.54 Å². The third-order valence-corrected chi connectivity index (χ3v) is 2.08. The molecule has 2 aromatic rings. The van der Waals surface area contributed by atoms with E-state index in [1.54, 1.807) is 6.20 Å². The van der Waals surface area contributed by atoms with Crippen molar-refractivity contribution in [3.63, 3.8) is 0 Å². The first-order chi connectivity index (χ1) is 6.34.